The van der Waals surface area contributed by atoms with Crippen LogP contribution in [0.2, 0.25) is 0 Å². The molecule has 21 heavy (non-hydrogen) atoms. The summed E-state index contributed by atoms with van der Waals surface area (Å²) in [5, 5.41) is 3.24. The minimum Gasteiger partial charge on any atom is -0.384 e. The number of aromatic nitrogens is 2. The van der Waals surface area contributed by atoms with Crippen LogP contribution >= 0.6 is 0 Å². The number of nitrogens with zero attached hydrogens (tertiary/aromatic N) is 2. The Balaban J connectivity index is 2.00. The molecule has 0 aliphatic heterocycles. The van der Waals surface area contributed by atoms with Crippen LogP contribution in [0, 0.1) is 5.82 Å². The number of nitrogens with two attached hydrogens (primary N) is 1. The molecule has 0 amide bonds. The zero-order valence-electron chi connectivity index (χ0n) is 12.7. The summed E-state index contributed by atoms with van der Waals surface area (Å²) in [4.78, 5) is 8.75. The fourth-order valence-electron chi connectivity index (χ4n) is 1.88. The van der Waals surface area contributed by atoms with Crippen molar-refractivity contribution in [1.82, 2.24) is 9.97 Å². The largest absolute Gasteiger partial charge is 0.384 e. The fourth-order valence-corrected chi connectivity index (χ4v) is 1.88. The molecule has 0 bridgehead atoms. The number of benzene rings is 1. The summed E-state index contributed by atoms with van der Waals surface area (Å²) in [6.45, 7) is 6.84. The molecular formula is C16H21FN4. The normalized spacial score (nSPS) is 11.4. The Labute approximate surface area is 124 Å². The number of nitrogens with one attached hydrogen (secondary N) is 1. The van der Waals surface area contributed by atoms with Gasteiger partial charge in [0.25, 0.3) is 0 Å². The van der Waals surface area contributed by atoms with Gasteiger partial charge in [-0.3, -0.25) is 0 Å². The van der Waals surface area contributed by atoms with Gasteiger partial charge in [-0.2, -0.15) is 0 Å². The van der Waals surface area contributed by atoms with Crippen molar-refractivity contribution in [3.8, 4) is 0 Å². The van der Waals surface area contributed by atoms with E-state index in [2.05, 4.69) is 15.3 Å². The summed E-state index contributed by atoms with van der Waals surface area (Å²) in [7, 11) is 0. The lowest BCUT2D eigenvalue weighted by Crippen LogP contribution is -2.18. The van der Waals surface area contributed by atoms with E-state index in [1.807, 2.05) is 20.8 Å². The van der Waals surface area contributed by atoms with Crippen molar-refractivity contribution in [3.05, 3.63) is 47.5 Å². The lowest BCUT2D eigenvalue weighted by molar-refractivity contribution is 0.547. The van der Waals surface area contributed by atoms with Gasteiger partial charge < -0.3 is 11.1 Å². The Kier molecular flexibility index (Phi) is 4.40. The molecule has 0 aliphatic rings. The highest BCUT2D eigenvalue weighted by Gasteiger charge is 2.18. The zero-order valence-corrected chi connectivity index (χ0v) is 12.7. The van der Waals surface area contributed by atoms with E-state index < -0.39 is 0 Å². The summed E-state index contributed by atoms with van der Waals surface area (Å²) < 4.78 is 12.8. The first-order chi connectivity index (χ1) is 9.84. The average molecular weight is 288 g/mol. The molecule has 0 spiro atoms. The van der Waals surface area contributed by atoms with Crippen molar-refractivity contribution in [1.29, 1.82) is 0 Å². The van der Waals surface area contributed by atoms with E-state index in [4.69, 9.17) is 5.73 Å². The van der Waals surface area contributed by atoms with Gasteiger partial charge in [0.1, 0.15) is 23.3 Å². The highest BCUT2D eigenvalue weighted by molar-refractivity contribution is 5.45. The first kappa shape index (κ1) is 15.2. The Morgan fingerprint density at radius 1 is 1.14 bits per heavy atom. The topological polar surface area (TPSA) is 63.8 Å². The van der Waals surface area contributed by atoms with Crippen molar-refractivity contribution >= 4 is 11.6 Å². The molecule has 112 valence electrons. The third kappa shape index (κ3) is 4.41. The van der Waals surface area contributed by atoms with Crippen LogP contribution in [0.5, 0.6) is 0 Å². The SMILES string of the molecule is CC(C)(C)c1nc(N)cc(NCCc2ccc(F)cc2)n1. The first-order valence-electron chi connectivity index (χ1n) is 6.98. The van der Waals surface area contributed by atoms with Crippen molar-refractivity contribution < 1.29 is 4.39 Å². The predicted molar refractivity (Wildman–Crippen MR) is 83.7 cm³/mol. The van der Waals surface area contributed by atoms with E-state index >= 15 is 0 Å². The van der Waals surface area contributed by atoms with Gasteiger partial charge in [-0.05, 0) is 24.1 Å². The number of nitrogen functional groups attached to an aromatic ring is 1. The molecule has 0 fully saturated rings. The maximum atomic E-state index is 12.8. The third-order valence-electron chi connectivity index (χ3n) is 3.05. The first-order valence-corrected chi connectivity index (χ1v) is 6.98. The van der Waals surface area contributed by atoms with Crippen LogP contribution in [-0.4, -0.2) is 16.5 Å². The fraction of sp³-hybridized carbons (Fsp3) is 0.375. The third-order valence-corrected chi connectivity index (χ3v) is 3.05. The number of rotatable bonds is 4. The van der Waals surface area contributed by atoms with Gasteiger partial charge in [0.2, 0.25) is 0 Å². The molecular weight excluding hydrogens is 267 g/mol. The Morgan fingerprint density at radius 3 is 2.43 bits per heavy atom. The Morgan fingerprint density at radius 2 is 1.81 bits per heavy atom. The summed E-state index contributed by atoms with van der Waals surface area (Å²) in [5.41, 5.74) is 6.74. The highest BCUT2D eigenvalue weighted by atomic mass is 19.1. The lowest BCUT2D eigenvalue weighted by atomic mass is 9.96. The summed E-state index contributed by atoms with van der Waals surface area (Å²) >= 11 is 0. The Bertz CT molecular complexity index is 603. The van der Waals surface area contributed by atoms with E-state index in [1.54, 1.807) is 18.2 Å². The summed E-state index contributed by atoms with van der Waals surface area (Å²) in [5.74, 6) is 1.67. The molecule has 2 rings (SSSR count). The second kappa shape index (κ2) is 6.08. The van der Waals surface area contributed by atoms with E-state index in [0.29, 0.717) is 18.2 Å². The van der Waals surface area contributed by atoms with Crippen LogP contribution in [0.3, 0.4) is 0 Å². The zero-order chi connectivity index (χ0) is 15.5. The maximum Gasteiger partial charge on any atom is 0.138 e. The molecule has 4 nitrogen and oxygen atoms in total. The standard InChI is InChI=1S/C16H21FN4/c1-16(2,3)15-20-13(18)10-14(21-15)19-9-8-11-4-6-12(17)7-5-11/h4-7,10H,8-9H2,1-3H3,(H3,18,19,20,21). The van der Waals surface area contributed by atoms with Gasteiger partial charge in [-0.15, -0.1) is 0 Å². The molecule has 0 unspecified atom stereocenters. The summed E-state index contributed by atoms with van der Waals surface area (Å²) in [6, 6.07) is 8.23. The average Bonchev–Trinajstić information content (AvgIpc) is 2.39. The molecule has 0 saturated heterocycles. The maximum absolute atomic E-state index is 12.8. The molecule has 0 saturated carbocycles. The Hall–Kier alpha value is -2.17. The number of halogens is 1. The van der Waals surface area contributed by atoms with Crippen molar-refractivity contribution in [2.24, 2.45) is 0 Å². The molecule has 2 aromatic rings. The van der Waals surface area contributed by atoms with Crippen LogP contribution in [0.15, 0.2) is 30.3 Å². The number of hydrogen-bond acceptors (Lipinski definition) is 4. The quantitative estimate of drug-likeness (QED) is 0.907. The van der Waals surface area contributed by atoms with Crippen LogP contribution in [-0.2, 0) is 11.8 Å². The van der Waals surface area contributed by atoms with Gasteiger partial charge in [-0.1, -0.05) is 32.9 Å². The van der Waals surface area contributed by atoms with Crippen LogP contribution in [0.25, 0.3) is 0 Å². The van der Waals surface area contributed by atoms with E-state index in [1.165, 1.54) is 12.1 Å². The minimum absolute atomic E-state index is 0.150. The molecule has 1 aromatic carbocycles. The number of hydrogen-bond donors (Lipinski definition) is 2. The van der Waals surface area contributed by atoms with Gasteiger partial charge in [-0.25, -0.2) is 14.4 Å². The van der Waals surface area contributed by atoms with E-state index in [-0.39, 0.29) is 11.2 Å². The van der Waals surface area contributed by atoms with Gasteiger partial charge in [0, 0.05) is 18.0 Å². The predicted octanol–water partition coefficient (Wildman–Crippen LogP) is 3.15. The molecule has 3 N–H and O–H groups in total. The highest BCUT2D eigenvalue weighted by Crippen LogP contribution is 2.21. The monoisotopic (exact) mass is 288 g/mol. The van der Waals surface area contributed by atoms with Gasteiger partial charge in [0.05, 0.1) is 0 Å². The second-order valence-electron chi connectivity index (χ2n) is 6.05. The van der Waals surface area contributed by atoms with Crippen LogP contribution < -0.4 is 11.1 Å². The van der Waals surface area contributed by atoms with E-state index in [0.717, 1.165) is 17.8 Å². The molecule has 0 atom stereocenters. The van der Waals surface area contributed by atoms with Crippen molar-refractivity contribution in [3.63, 3.8) is 0 Å². The molecule has 1 aromatic heterocycles. The van der Waals surface area contributed by atoms with Crippen LogP contribution in [0.1, 0.15) is 32.2 Å². The summed E-state index contributed by atoms with van der Waals surface area (Å²) in [6.07, 6.45) is 0.787. The van der Waals surface area contributed by atoms with Crippen LogP contribution in [0.4, 0.5) is 16.0 Å². The molecule has 1 heterocycles. The van der Waals surface area contributed by atoms with E-state index in [9.17, 15) is 4.39 Å². The molecule has 0 radical (unpaired) electrons. The smallest absolute Gasteiger partial charge is 0.138 e. The van der Waals surface area contributed by atoms with Crippen molar-refractivity contribution in [2.45, 2.75) is 32.6 Å². The lowest BCUT2D eigenvalue weighted by Gasteiger charge is -2.18. The van der Waals surface area contributed by atoms with Crippen molar-refractivity contribution in [2.75, 3.05) is 17.6 Å². The second-order valence-corrected chi connectivity index (χ2v) is 6.05. The minimum atomic E-state index is -0.217. The molecule has 0 aliphatic carbocycles. The number of anilines is 2. The molecule has 5 heteroatoms. The van der Waals surface area contributed by atoms with Gasteiger partial charge >= 0.3 is 0 Å². The van der Waals surface area contributed by atoms with Gasteiger partial charge in [0.15, 0.2) is 0 Å².